The van der Waals surface area contributed by atoms with Gasteiger partial charge < -0.3 is 19.5 Å². The van der Waals surface area contributed by atoms with Crippen molar-refractivity contribution in [1.29, 1.82) is 0 Å². The molecule has 0 saturated heterocycles. The average Bonchev–Trinajstić information content (AvgIpc) is 2.73. The van der Waals surface area contributed by atoms with Crippen LogP contribution < -0.4 is 14.8 Å². The van der Waals surface area contributed by atoms with Crippen LogP contribution in [0.2, 0.25) is 0 Å². The lowest BCUT2D eigenvalue weighted by Gasteiger charge is -2.15. The molecule has 3 rings (SSSR count). The summed E-state index contributed by atoms with van der Waals surface area (Å²) in [6, 6.07) is 7.09. The second-order valence-corrected chi connectivity index (χ2v) is 6.17. The van der Waals surface area contributed by atoms with E-state index in [-0.39, 0.29) is 12.3 Å². The Hall–Kier alpha value is -3.35. The molecule has 1 aliphatic carbocycles. The molecule has 0 aliphatic heterocycles. The van der Waals surface area contributed by atoms with Gasteiger partial charge in [0.1, 0.15) is 29.4 Å². The van der Waals surface area contributed by atoms with Gasteiger partial charge in [-0.05, 0) is 24.6 Å². The Kier molecular flexibility index (Phi) is 6.26. The maximum atomic E-state index is 12.5. The summed E-state index contributed by atoms with van der Waals surface area (Å²) in [7, 11) is 4.80. The Bertz CT molecular complexity index is 922. The van der Waals surface area contributed by atoms with Gasteiger partial charge in [-0.15, -0.1) is 0 Å². The van der Waals surface area contributed by atoms with Crippen LogP contribution >= 0.6 is 0 Å². The van der Waals surface area contributed by atoms with Gasteiger partial charge in [0.15, 0.2) is 0 Å². The topological polar surface area (TPSA) is 82.6 Å². The van der Waals surface area contributed by atoms with E-state index in [4.69, 9.17) is 14.2 Å². The minimum absolute atomic E-state index is 0.131. The van der Waals surface area contributed by atoms with Gasteiger partial charge in [-0.25, -0.2) is 9.97 Å². The van der Waals surface area contributed by atoms with Crippen LogP contribution in [-0.2, 0) is 16.0 Å². The number of hydrogen-bond acceptors (Lipinski definition) is 6. The normalized spacial score (nSPS) is 13.2. The average molecular weight is 381 g/mol. The Morgan fingerprint density at radius 1 is 1.11 bits per heavy atom. The molecule has 146 valence electrons. The Balaban J connectivity index is 1.77. The van der Waals surface area contributed by atoms with Gasteiger partial charge in [-0.1, -0.05) is 12.2 Å². The Morgan fingerprint density at radius 2 is 1.96 bits per heavy atom. The lowest BCUT2D eigenvalue weighted by molar-refractivity contribution is -0.115. The summed E-state index contributed by atoms with van der Waals surface area (Å²) < 4.78 is 16.0. The number of allylic oxidation sites excluding steroid dienone is 4. The number of hydrogen-bond donors (Lipinski definition) is 1. The third kappa shape index (κ3) is 4.49. The summed E-state index contributed by atoms with van der Waals surface area (Å²) in [5.74, 6) is 2.38. The fourth-order valence-corrected chi connectivity index (χ4v) is 3.04. The zero-order valence-corrected chi connectivity index (χ0v) is 16.2. The van der Waals surface area contributed by atoms with Crippen LogP contribution in [0.25, 0.3) is 5.57 Å². The third-order valence-corrected chi connectivity index (χ3v) is 4.42. The predicted molar refractivity (Wildman–Crippen MR) is 106 cm³/mol. The number of rotatable bonds is 7. The first kappa shape index (κ1) is 19.4. The van der Waals surface area contributed by atoms with E-state index in [1.807, 2.05) is 6.08 Å². The van der Waals surface area contributed by atoms with Crippen molar-refractivity contribution < 1.29 is 19.0 Å². The Labute approximate surface area is 164 Å². The molecule has 1 heterocycles. The van der Waals surface area contributed by atoms with E-state index >= 15 is 0 Å². The van der Waals surface area contributed by atoms with Crippen molar-refractivity contribution in [3.63, 3.8) is 0 Å². The number of methoxy groups -OCH3 is 3. The molecular weight excluding hydrogens is 358 g/mol. The highest BCUT2D eigenvalue weighted by Gasteiger charge is 2.15. The minimum Gasteiger partial charge on any atom is -0.500 e. The molecule has 1 aliphatic rings. The van der Waals surface area contributed by atoms with E-state index in [9.17, 15) is 4.79 Å². The molecular formula is C21H23N3O4. The van der Waals surface area contributed by atoms with Gasteiger partial charge in [0.2, 0.25) is 5.91 Å². The lowest BCUT2D eigenvalue weighted by atomic mass is 10.0. The molecule has 2 aromatic rings. The molecule has 0 fully saturated rings. The molecule has 0 saturated carbocycles. The van der Waals surface area contributed by atoms with E-state index in [0.717, 1.165) is 29.7 Å². The fraction of sp³-hybridized carbons (Fsp3) is 0.286. The molecule has 0 radical (unpaired) electrons. The van der Waals surface area contributed by atoms with E-state index in [1.54, 1.807) is 45.6 Å². The summed E-state index contributed by atoms with van der Waals surface area (Å²) in [6.07, 6.45) is 7.38. The molecule has 0 bridgehead atoms. The summed E-state index contributed by atoms with van der Waals surface area (Å²) >= 11 is 0. The van der Waals surface area contributed by atoms with Gasteiger partial charge in [0.25, 0.3) is 0 Å². The molecule has 1 N–H and O–H groups in total. The molecule has 0 atom stereocenters. The lowest BCUT2D eigenvalue weighted by Crippen LogP contribution is -2.16. The molecule has 0 spiro atoms. The third-order valence-electron chi connectivity index (χ3n) is 4.42. The van der Waals surface area contributed by atoms with Gasteiger partial charge in [0, 0.05) is 23.6 Å². The van der Waals surface area contributed by atoms with Crippen molar-refractivity contribution in [3.05, 3.63) is 59.8 Å². The number of carbonyl (C=O) groups excluding carboxylic acids is 1. The van der Waals surface area contributed by atoms with Gasteiger partial charge >= 0.3 is 0 Å². The van der Waals surface area contributed by atoms with Crippen LogP contribution in [0.5, 0.6) is 11.5 Å². The number of benzene rings is 1. The van der Waals surface area contributed by atoms with E-state index in [1.165, 1.54) is 6.33 Å². The zero-order chi connectivity index (χ0) is 19.9. The highest BCUT2D eigenvalue weighted by molar-refractivity contribution is 5.92. The van der Waals surface area contributed by atoms with E-state index in [2.05, 4.69) is 21.4 Å². The van der Waals surface area contributed by atoms with Crippen molar-refractivity contribution in [3.8, 4) is 11.5 Å². The molecule has 1 aromatic heterocycles. The summed E-state index contributed by atoms with van der Waals surface area (Å²) in [6.45, 7) is 0. The van der Waals surface area contributed by atoms with Crippen molar-refractivity contribution >= 4 is 17.3 Å². The molecule has 0 unspecified atom stereocenters. The smallest absolute Gasteiger partial charge is 0.230 e. The molecule has 7 nitrogen and oxygen atoms in total. The molecule has 1 aromatic carbocycles. The molecule has 1 amide bonds. The van der Waals surface area contributed by atoms with Crippen LogP contribution in [0.4, 0.5) is 5.82 Å². The number of anilines is 1. The van der Waals surface area contributed by atoms with Crippen LogP contribution in [0, 0.1) is 0 Å². The first-order valence-electron chi connectivity index (χ1n) is 8.91. The van der Waals surface area contributed by atoms with Crippen molar-refractivity contribution in [1.82, 2.24) is 9.97 Å². The monoisotopic (exact) mass is 381 g/mol. The fourth-order valence-electron chi connectivity index (χ4n) is 3.04. The van der Waals surface area contributed by atoms with Crippen molar-refractivity contribution in [2.75, 3.05) is 26.6 Å². The summed E-state index contributed by atoms with van der Waals surface area (Å²) in [5, 5.41) is 2.82. The van der Waals surface area contributed by atoms with E-state index < -0.39 is 0 Å². The van der Waals surface area contributed by atoms with Crippen LogP contribution in [0.1, 0.15) is 24.1 Å². The van der Waals surface area contributed by atoms with Gasteiger partial charge in [-0.2, -0.15) is 0 Å². The standard InChI is InChI=1S/C21H23N3O4/c1-26-15-8-9-18(27-2)14(10-15)11-21(25)24-20-12-17(22-13-23-20)16-6-4-5-7-19(16)28-3/h4,6,8-10,12-13H,5,7,11H2,1-3H3,(H,22,23,24,25). The number of nitrogens with zero attached hydrogens (tertiary/aromatic N) is 2. The first-order valence-corrected chi connectivity index (χ1v) is 8.91. The Morgan fingerprint density at radius 3 is 2.71 bits per heavy atom. The summed E-state index contributed by atoms with van der Waals surface area (Å²) in [5.41, 5.74) is 2.34. The molecule has 28 heavy (non-hydrogen) atoms. The highest BCUT2D eigenvalue weighted by Crippen LogP contribution is 2.28. The zero-order valence-electron chi connectivity index (χ0n) is 16.2. The predicted octanol–water partition coefficient (Wildman–Crippen LogP) is 3.38. The number of nitrogens with one attached hydrogen (secondary N) is 1. The number of carbonyl (C=O) groups is 1. The van der Waals surface area contributed by atoms with Crippen molar-refractivity contribution in [2.24, 2.45) is 0 Å². The first-order chi connectivity index (χ1) is 13.6. The van der Waals surface area contributed by atoms with Crippen LogP contribution in [0.3, 0.4) is 0 Å². The minimum atomic E-state index is -0.212. The molecule has 7 heteroatoms. The number of amides is 1. The SMILES string of the molecule is COC1=C(c2cc(NC(=O)Cc3cc(OC)ccc3OC)ncn2)C=CCC1. The largest absolute Gasteiger partial charge is 0.500 e. The van der Waals surface area contributed by atoms with Crippen molar-refractivity contribution in [2.45, 2.75) is 19.3 Å². The maximum Gasteiger partial charge on any atom is 0.230 e. The van der Waals surface area contributed by atoms with Crippen LogP contribution in [-0.4, -0.2) is 37.2 Å². The van der Waals surface area contributed by atoms with Gasteiger partial charge in [0.05, 0.1) is 33.4 Å². The van der Waals surface area contributed by atoms with Crippen LogP contribution in [0.15, 0.2) is 48.5 Å². The number of aromatic nitrogens is 2. The maximum absolute atomic E-state index is 12.5. The quantitative estimate of drug-likeness (QED) is 0.792. The second-order valence-electron chi connectivity index (χ2n) is 6.17. The second kappa shape index (κ2) is 9.03. The highest BCUT2D eigenvalue weighted by atomic mass is 16.5. The number of ether oxygens (including phenoxy) is 3. The van der Waals surface area contributed by atoms with Gasteiger partial charge in [-0.3, -0.25) is 4.79 Å². The summed E-state index contributed by atoms with van der Waals surface area (Å²) in [4.78, 5) is 21.0. The van der Waals surface area contributed by atoms with E-state index in [0.29, 0.717) is 23.0 Å².